The minimum atomic E-state index is -3.68. The van der Waals surface area contributed by atoms with E-state index in [1.807, 2.05) is 6.07 Å². The summed E-state index contributed by atoms with van der Waals surface area (Å²) in [4.78, 5) is 11.9. The molecule has 26 heavy (non-hydrogen) atoms. The molecular formula is C15H23NO8S2. The second-order valence-corrected chi connectivity index (χ2v) is 8.85. The molecule has 148 valence electrons. The molecule has 1 unspecified atom stereocenters. The van der Waals surface area contributed by atoms with Crippen LogP contribution in [0.1, 0.15) is 18.4 Å². The first-order chi connectivity index (χ1) is 12.1. The smallest absolute Gasteiger partial charge is 0.407 e. The fraction of sp³-hybridized carbons (Fsp3) is 0.533. The summed E-state index contributed by atoms with van der Waals surface area (Å²) in [6.07, 6.45) is 1.59. The van der Waals surface area contributed by atoms with Crippen molar-refractivity contribution >= 4 is 26.3 Å². The summed E-state index contributed by atoms with van der Waals surface area (Å²) in [7, 11) is -7.24. The highest BCUT2D eigenvalue weighted by Crippen LogP contribution is 2.05. The Labute approximate surface area is 153 Å². The van der Waals surface area contributed by atoms with Crippen molar-refractivity contribution in [3.8, 4) is 0 Å². The van der Waals surface area contributed by atoms with E-state index in [2.05, 4.69) is 9.50 Å². The van der Waals surface area contributed by atoms with Crippen molar-refractivity contribution in [2.45, 2.75) is 25.5 Å². The Morgan fingerprint density at radius 2 is 1.65 bits per heavy atom. The number of ether oxygens (including phenoxy) is 1. The Hall–Kier alpha value is -1.69. The third kappa shape index (κ3) is 11.8. The molecule has 1 aromatic carbocycles. The van der Waals surface area contributed by atoms with E-state index in [9.17, 15) is 21.6 Å². The number of amides is 1. The zero-order chi connectivity index (χ0) is 19.6. The van der Waals surface area contributed by atoms with Gasteiger partial charge in [-0.2, -0.15) is 16.8 Å². The topological polar surface area (TPSA) is 125 Å². The molecule has 0 aliphatic rings. The molecular weight excluding hydrogens is 386 g/mol. The molecule has 1 N–H and O–H groups in total. The van der Waals surface area contributed by atoms with Crippen LogP contribution < -0.4 is 5.32 Å². The highest BCUT2D eigenvalue weighted by Gasteiger charge is 2.16. The summed E-state index contributed by atoms with van der Waals surface area (Å²) < 4.78 is 58.4. The first kappa shape index (κ1) is 22.4. The predicted molar refractivity (Wildman–Crippen MR) is 94.4 cm³/mol. The summed E-state index contributed by atoms with van der Waals surface area (Å²) in [5.41, 5.74) is 0.799. The van der Waals surface area contributed by atoms with E-state index in [0.29, 0.717) is 0 Å². The third-order valence-corrected chi connectivity index (χ3v) is 4.17. The summed E-state index contributed by atoms with van der Waals surface area (Å²) in [5, 5.41) is 2.50. The van der Waals surface area contributed by atoms with Crippen LogP contribution in [0.25, 0.3) is 0 Å². The molecule has 9 nitrogen and oxygen atoms in total. The van der Waals surface area contributed by atoms with E-state index in [1.165, 1.54) is 0 Å². The summed E-state index contributed by atoms with van der Waals surface area (Å²) in [6, 6.07) is 8.35. The third-order valence-electron chi connectivity index (χ3n) is 3.01. The number of alkyl carbamates (subject to hydrolysis) is 1. The number of rotatable bonds is 11. The van der Waals surface area contributed by atoms with Gasteiger partial charge in [-0.1, -0.05) is 30.3 Å². The lowest BCUT2D eigenvalue weighted by molar-refractivity contribution is 0.129. The highest BCUT2D eigenvalue weighted by atomic mass is 32.2. The Bertz CT molecular complexity index is 762. The van der Waals surface area contributed by atoms with Gasteiger partial charge in [0, 0.05) is 0 Å². The number of nitrogens with one attached hydrogen (secondary N) is 1. The molecule has 1 amide bonds. The fourth-order valence-corrected chi connectivity index (χ4v) is 2.71. The number of carbonyl (C=O) groups is 1. The normalized spacial score (nSPS) is 13.2. The van der Waals surface area contributed by atoms with Gasteiger partial charge in [-0.05, 0) is 18.4 Å². The molecule has 0 spiro atoms. The number of carbonyl (C=O) groups excluding carboxylic acids is 1. The van der Waals surface area contributed by atoms with Crippen molar-refractivity contribution in [1.29, 1.82) is 0 Å². The largest absolute Gasteiger partial charge is 0.445 e. The van der Waals surface area contributed by atoms with Crippen LogP contribution in [0, 0.1) is 0 Å². The molecule has 1 atom stereocenters. The average molecular weight is 409 g/mol. The zero-order valence-corrected chi connectivity index (χ0v) is 16.2. The van der Waals surface area contributed by atoms with Crippen LogP contribution in [0.3, 0.4) is 0 Å². The SMILES string of the molecule is CS(=O)(=O)OCCCC(COS(C)(=O)=O)NC(=O)OCc1ccccc1. The number of benzene rings is 1. The van der Waals surface area contributed by atoms with Gasteiger partial charge in [0.15, 0.2) is 0 Å². The fourth-order valence-electron chi connectivity index (χ4n) is 1.87. The van der Waals surface area contributed by atoms with Gasteiger partial charge in [0.05, 0.1) is 31.8 Å². The first-order valence-electron chi connectivity index (χ1n) is 7.71. The quantitative estimate of drug-likeness (QED) is 0.424. The zero-order valence-electron chi connectivity index (χ0n) is 14.6. The van der Waals surface area contributed by atoms with Crippen LogP contribution in [-0.2, 0) is 39.9 Å². The molecule has 0 fully saturated rings. The first-order valence-corrected chi connectivity index (χ1v) is 11.3. The van der Waals surface area contributed by atoms with Crippen molar-refractivity contribution < 1.29 is 34.7 Å². The Balaban J connectivity index is 2.49. The molecule has 0 bridgehead atoms. The van der Waals surface area contributed by atoms with Gasteiger partial charge in [0.2, 0.25) is 0 Å². The van der Waals surface area contributed by atoms with Crippen molar-refractivity contribution in [2.75, 3.05) is 25.7 Å². The van der Waals surface area contributed by atoms with E-state index in [1.54, 1.807) is 24.3 Å². The van der Waals surface area contributed by atoms with Crippen LogP contribution in [0.4, 0.5) is 4.79 Å². The van der Waals surface area contributed by atoms with Gasteiger partial charge in [0.1, 0.15) is 6.61 Å². The lowest BCUT2D eigenvalue weighted by Crippen LogP contribution is -2.39. The van der Waals surface area contributed by atoms with Crippen LogP contribution in [0.5, 0.6) is 0 Å². The standard InChI is InChI=1S/C15H23NO8S2/c1-25(18,19)23-10-6-9-14(12-24-26(2,20)21)16-15(17)22-11-13-7-4-3-5-8-13/h3-5,7-8,14H,6,9-12H2,1-2H3,(H,16,17). The average Bonchev–Trinajstić information content (AvgIpc) is 2.53. The van der Waals surface area contributed by atoms with Crippen LogP contribution in [0.2, 0.25) is 0 Å². The predicted octanol–water partition coefficient (Wildman–Crippen LogP) is 1.01. The summed E-state index contributed by atoms with van der Waals surface area (Å²) >= 11 is 0. The Morgan fingerprint density at radius 1 is 1.04 bits per heavy atom. The van der Waals surface area contributed by atoms with Gasteiger partial charge in [0.25, 0.3) is 20.2 Å². The summed E-state index contributed by atoms with van der Waals surface area (Å²) in [5.74, 6) is 0. The van der Waals surface area contributed by atoms with Gasteiger partial charge < -0.3 is 10.1 Å². The molecule has 1 rings (SSSR count). The lowest BCUT2D eigenvalue weighted by Gasteiger charge is -2.18. The van der Waals surface area contributed by atoms with Crippen molar-refractivity contribution in [2.24, 2.45) is 0 Å². The van der Waals surface area contributed by atoms with Gasteiger partial charge in [-0.15, -0.1) is 0 Å². The van der Waals surface area contributed by atoms with E-state index in [-0.39, 0.29) is 32.7 Å². The van der Waals surface area contributed by atoms with Crippen LogP contribution >= 0.6 is 0 Å². The van der Waals surface area contributed by atoms with Crippen molar-refractivity contribution in [3.63, 3.8) is 0 Å². The van der Waals surface area contributed by atoms with E-state index in [4.69, 9.17) is 8.92 Å². The van der Waals surface area contributed by atoms with E-state index < -0.39 is 32.4 Å². The van der Waals surface area contributed by atoms with E-state index in [0.717, 1.165) is 18.1 Å². The molecule has 1 aromatic rings. The molecule has 0 aliphatic carbocycles. The highest BCUT2D eigenvalue weighted by molar-refractivity contribution is 7.86. The van der Waals surface area contributed by atoms with Crippen LogP contribution in [0.15, 0.2) is 30.3 Å². The number of hydrogen-bond acceptors (Lipinski definition) is 8. The lowest BCUT2D eigenvalue weighted by atomic mass is 10.2. The molecule has 0 radical (unpaired) electrons. The Morgan fingerprint density at radius 3 is 2.23 bits per heavy atom. The maximum atomic E-state index is 11.9. The second kappa shape index (κ2) is 10.5. The Kier molecular flexibility index (Phi) is 8.99. The van der Waals surface area contributed by atoms with Gasteiger partial charge in [-0.3, -0.25) is 8.37 Å². The number of hydrogen-bond donors (Lipinski definition) is 1. The van der Waals surface area contributed by atoms with Crippen LogP contribution in [-0.4, -0.2) is 54.7 Å². The monoisotopic (exact) mass is 409 g/mol. The van der Waals surface area contributed by atoms with Crippen molar-refractivity contribution in [1.82, 2.24) is 5.32 Å². The van der Waals surface area contributed by atoms with Gasteiger partial charge in [-0.25, -0.2) is 4.79 Å². The molecule has 11 heteroatoms. The molecule has 0 saturated carbocycles. The van der Waals surface area contributed by atoms with E-state index >= 15 is 0 Å². The molecule has 0 heterocycles. The summed E-state index contributed by atoms with van der Waals surface area (Å²) in [6.45, 7) is -0.323. The maximum Gasteiger partial charge on any atom is 0.407 e. The van der Waals surface area contributed by atoms with Crippen molar-refractivity contribution in [3.05, 3.63) is 35.9 Å². The second-order valence-electron chi connectivity index (χ2n) is 5.56. The molecule has 0 saturated heterocycles. The maximum absolute atomic E-state index is 11.9. The minimum Gasteiger partial charge on any atom is -0.445 e. The minimum absolute atomic E-state index is 0.0590. The molecule has 0 aliphatic heterocycles. The van der Waals surface area contributed by atoms with Gasteiger partial charge >= 0.3 is 6.09 Å². The molecule has 0 aromatic heterocycles.